The van der Waals surface area contributed by atoms with Crippen molar-refractivity contribution in [1.82, 2.24) is 0 Å². The van der Waals surface area contributed by atoms with E-state index < -0.39 is 6.16 Å². The second-order valence-electron chi connectivity index (χ2n) is 2.91. The summed E-state index contributed by atoms with van der Waals surface area (Å²) in [6, 6.07) is 0. The molecule has 0 spiro atoms. The van der Waals surface area contributed by atoms with Crippen LogP contribution in [0.1, 0.15) is 25.7 Å². The Kier molecular flexibility index (Phi) is 3.66. The Morgan fingerprint density at radius 2 is 2.08 bits per heavy atom. The molecule has 0 saturated heterocycles. The van der Waals surface area contributed by atoms with Crippen molar-refractivity contribution in [3.8, 4) is 0 Å². The van der Waals surface area contributed by atoms with Crippen LogP contribution in [0.5, 0.6) is 0 Å². The van der Waals surface area contributed by atoms with Crippen LogP contribution >= 0.6 is 11.6 Å². The molecule has 70 valence electrons. The zero-order chi connectivity index (χ0) is 8.97. The zero-order valence-corrected chi connectivity index (χ0v) is 7.84. The normalized spacial score (nSPS) is 29.5. The molecular weight excluding hydrogens is 180 g/mol. The molecule has 0 bridgehead atoms. The molecule has 12 heavy (non-hydrogen) atoms. The van der Waals surface area contributed by atoms with Crippen LogP contribution < -0.4 is 0 Å². The first-order chi connectivity index (χ1) is 5.74. The fraction of sp³-hybridized carbons (Fsp3) is 0.875. The highest BCUT2D eigenvalue weighted by atomic mass is 35.5. The quantitative estimate of drug-likeness (QED) is 0.473. The number of rotatable bonds is 1. The monoisotopic (exact) mass is 192 g/mol. The number of halogens is 1. The van der Waals surface area contributed by atoms with E-state index in [0.29, 0.717) is 0 Å². The number of ether oxygens (including phenoxy) is 2. The molecule has 4 heteroatoms. The fourth-order valence-electron chi connectivity index (χ4n) is 1.36. The maximum atomic E-state index is 10.7. The predicted molar refractivity (Wildman–Crippen MR) is 45.4 cm³/mol. The molecule has 0 aromatic carbocycles. The Bertz CT molecular complexity index is 160. The van der Waals surface area contributed by atoms with E-state index in [1.165, 1.54) is 7.11 Å². The number of carbonyl (C=O) groups is 1. The maximum absolute atomic E-state index is 10.7. The minimum absolute atomic E-state index is 0.0437. The second-order valence-corrected chi connectivity index (χ2v) is 3.47. The molecule has 0 amide bonds. The predicted octanol–water partition coefficient (Wildman–Crippen LogP) is 2.32. The summed E-state index contributed by atoms with van der Waals surface area (Å²) in [6.07, 6.45) is 3.17. The van der Waals surface area contributed by atoms with Gasteiger partial charge in [0.05, 0.1) is 12.5 Å². The number of carbonyl (C=O) groups excluding carboxylic acids is 1. The lowest BCUT2D eigenvalue weighted by Gasteiger charge is -2.25. The summed E-state index contributed by atoms with van der Waals surface area (Å²) in [7, 11) is 1.30. The zero-order valence-electron chi connectivity index (χ0n) is 7.09. The smallest absolute Gasteiger partial charge is 0.438 e. The number of hydrogen-bond donors (Lipinski definition) is 0. The van der Waals surface area contributed by atoms with E-state index in [9.17, 15) is 4.79 Å². The lowest BCUT2D eigenvalue weighted by atomic mass is 9.97. The fourth-order valence-corrected chi connectivity index (χ4v) is 1.69. The topological polar surface area (TPSA) is 35.5 Å². The van der Waals surface area contributed by atoms with E-state index in [4.69, 9.17) is 16.3 Å². The molecule has 0 aromatic heterocycles. The van der Waals surface area contributed by atoms with Crippen LogP contribution in [0.3, 0.4) is 0 Å². The van der Waals surface area contributed by atoms with E-state index in [2.05, 4.69) is 4.74 Å². The van der Waals surface area contributed by atoms with Gasteiger partial charge in [0.15, 0.2) is 0 Å². The van der Waals surface area contributed by atoms with Crippen molar-refractivity contribution >= 4 is 17.8 Å². The second kappa shape index (κ2) is 4.55. The third kappa shape index (κ3) is 2.55. The SMILES string of the molecule is COC(=O)O[C@@H]1CCCC[C@H]1Cl. The molecule has 1 aliphatic rings. The van der Waals surface area contributed by atoms with Crippen LogP contribution in [0.2, 0.25) is 0 Å². The van der Waals surface area contributed by atoms with Crippen LogP contribution in [0.15, 0.2) is 0 Å². The van der Waals surface area contributed by atoms with Gasteiger partial charge in [-0.1, -0.05) is 6.42 Å². The average Bonchev–Trinajstić information content (AvgIpc) is 2.09. The minimum Gasteiger partial charge on any atom is -0.438 e. The lowest BCUT2D eigenvalue weighted by Crippen LogP contribution is -2.30. The van der Waals surface area contributed by atoms with Gasteiger partial charge in [0.2, 0.25) is 0 Å². The first kappa shape index (κ1) is 9.65. The van der Waals surface area contributed by atoms with Gasteiger partial charge in [-0.15, -0.1) is 11.6 Å². The van der Waals surface area contributed by atoms with Gasteiger partial charge >= 0.3 is 6.16 Å². The molecule has 0 heterocycles. The molecule has 0 unspecified atom stereocenters. The first-order valence-electron chi connectivity index (χ1n) is 4.12. The summed E-state index contributed by atoms with van der Waals surface area (Å²) < 4.78 is 9.34. The third-order valence-corrected chi connectivity index (χ3v) is 2.54. The molecule has 0 aromatic rings. The maximum Gasteiger partial charge on any atom is 0.508 e. The molecule has 0 N–H and O–H groups in total. The Labute approximate surface area is 77.0 Å². The number of alkyl halides is 1. The van der Waals surface area contributed by atoms with Crippen molar-refractivity contribution in [2.24, 2.45) is 0 Å². The van der Waals surface area contributed by atoms with Crippen molar-refractivity contribution in [1.29, 1.82) is 0 Å². The third-order valence-electron chi connectivity index (χ3n) is 2.04. The van der Waals surface area contributed by atoms with Crippen molar-refractivity contribution in [2.45, 2.75) is 37.2 Å². The van der Waals surface area contributed by atoms with Gasteiger partial charge < -0.3 is 9.47 Å². The molecule has 1 fully saturated rings. The summed E-state index contributed by atoms with van der Waals surface area (Å²) in [5.74, 6) is 0. The van der Waals surface area contributed by atoms with E-state index in [1.807, 2.05) is 0 Å². The Morgan fingerprint density at radius 3 is 2.67 bits per heavy atom. The minimum atomic E-state index is -0.632. The number of methoxy groups -OCH3 is 1. The van der Waals surface area contributed by atoms with Gasteiger partial charge in [0.1, 0.15) is 6.10 Å². The van der Waals surface area contributed by atoms with Gasteiger partial charge in [-0.25, -0.2) is 4.79 Å². The summed E-state index contributed by atoms with van der Waals surface area (Å²) in [5.41, 5.74) is 0. The molecule has 0 aliphatic heterocycles. The molecule has 0 radical (unpaired) electrons. The summed E-state index contributed by atoms with van der Waals surface area (Å²) in [4.78, 5) is 10.7. The van der Waals surface area contributed by atoms with Crippen LogP contribution in [0.25, 0.3) is 0 Å². The van der Waals surface area contributed by atoms with E-state index in [1.54, 1.807) is 0 Å². The highest BCUT2D eigenvalue weighted by Crippen LogP contribution is 2.25. The Balaban J connectivity index is 2.33. The van der Waals surface area contributed by atoms with Gasteiger partial charge in [0.25, 0.3) is 0 Å². The van der Waals surface area contributed by atoms with E-state index in [-0.39, 0.29) is 11.5 Å². The van der Waals surface area contributed by atoms with Crippen molar-refractivity contribution in [3.05, 3.63) is 0 Å². The highest BCUT2D eigenvalue weighted by molar-refractivity contribution is 6.21. The molecule has 1 aliphatic carbocycles. The summed E-state index contributed by atoms with van der Waals surface area (Å²) in [5, 5.41) is -0.0437. The van der Waals surface area contributed by atoms with E-state index >= 15 is 0 Å². The van der Waals surface area contributed by atoms with Crippen molar-refractivity contribution in [2.75, 3.05) is 7.11 Å². The molecule has 1 saturated carbocycles. The van der Waals surface area contributed by atoms with Crippen LogP contribution in [-0.2, 0) is 9.47 Å². The molecule has 1 rings (SSSR count). The van der Waals surface area contributed by atoms with Gasteiger partial charge in [0, 0.05) is 0 Å². The van der Waals surface area contributed by atoms with Crippen molar-refractivity contribution in [3.63, 3.8) is 0 Å². The summed E-state index contributed by atoms with van der Waals surface area (Å²) in [6.45, 7) is 0. The lowest BCUT2D eigenvalue weighted by molar-refractivity contribution is 0.0248. The molecule has 3 nitrogen and oxygen atoms in total. The van der Waals surface area contributed by atoms with Gasteiger partial charge in [-0.3, -0.25) is 0 Å². The first-order valence-corrected chi connectivity index (χ1v) is 4.56. The molecular formula is C8H13ClO3. The van der Waals surface area contributed by atoms with Crippen LogP contribution in [0, 0.1) is 0 Å². The number of hydrogen-bond acceptors (Lipinski definition) is 3. The van der Waals surface area contributed by atoms with Gasteiger partial charge in [-0.2, -0.15) is 0 Å². The van der Waals surface area contributed by atoms with E-state index in [0.717, 1.165) is 25.7 Å². The Hall–Kier alpha value is -0.440. The highest BCUT2D eigenvalue weighted by Gasteiger charge is 2.26. The van der Waals surface area contributed by atoms with Crippen LogP contribution in [0.4, 0.5) is 4.79 Å². The summed E-state index contributed by atoms with van der Waals surface area (Å²) >= 11 is 5.95. The van der Waals surface area contributed by atoms with Crippen LogP contribution in [-0.4, -0.2) is 24.7 Å². The standard InChI is InChI=1S/C8H13ClO3/c1-11-8(10)12-7-5-3-2-4-6(7)9/h6-7H,2-5H2,1H3/t6-,7-/m1/s1. The largest absolute Gasteiger partial charge is 0.508 e. The van der Waals surface area contributed by atoms with Gasteiger partial charge in [-0.05, 0) is 19.3 Å². The average molecular weight is 193 g/mol. The van der Waals surface area contributed by atoms with Crippen molar-refractivity contribution < 1.29 is 14.3 Å². The molecule has 2 atom stereocenters. The Morgan fingerprint density at radius 1 is 1.42 bits per heavy atom.